The van der Waals surface area contributed by atoms with Gasteiger partial charge in [-0.25, -0.2) is 0 Å². The number of methoxy groups -OCH3 is 1. The van der Waals surface area contributed by atoms with Gasteiger partial charge < -0.3 is 14.8 Å². The molecule has 1 aromatic carbocycles. The van der Waals surface area contributed by atoms with Crippen LogP contribution in [0.25, 0.3) is 0 Å². The molecule has 3 nitrogen and oxygen atoms in total. The molecule has 1 aromatic rings. The van der Waals surface area contributed by atoms with Crippen LogP contribution in [0.5, 0.6) is 11.5 Å². The molecule has 0 aromatic heterocycles. The lowest BCUT2D eigenvalue weighted by atomic mass is 10.00. The van der Waals surface area contributed by atoms with E-state index in [4.69, 9.17) is 9.47 Å². The first-order valence-corrected chi connectivity index (χ1v) is 8.68. The normalized spacial score (nSPS) is 20.6. The Kier molecular flexibility index (Phi) is 5.75. The molecule has 0 amide bonds. The van der Waals surface area contributed by atoms with Crippen LogP contribution in [0.4, 0.5) is 0 Å². The van der Waals surface area contributed by atoms with Gasteiger partial charge in [0.1, 0.15) is 17.6 Å². The van der Waals surface area contributed by atoms with Crippen molar-refractivity contribution in [3.63, 3.8) is 0 Å². The van der Waals surface area contributed by atoms with Crippen LogP contribution in [-0.2, 0) is 0 Å². The molecular weight excluding hydrogens is 386 g/mol. The number of rotatable bonds is 6. The summed E-state index contributed by atoms with van der Waals surface area (Å²) in [6, 6.07) is 2.17. The predicted octanol–water partition coefficient (Wildman–Crippen LogP) is 4.82. The van der Waals surface area contributed by atoms with Crippen LogP contribution in [0.15, 0.2) is 15.0 Å². The van der Waals surface area contributed by atoms with Gasteiger partial charge in [0, 0.05) is 5.56 Å². The minimum atomic E-state index is 0.182. The van der Waals surface area contributed by atoms with Crippen LogP contribution >= 0.6 is 31.9 Å². The van der Waals surface area contributed by atoms with E-state index >= 15 is 0 Å². The molecule has 1 heterocycles. The highest BCUT2D eigenvalue weighted by molar-refractivity contribution is 9.11. The second-order valence-corrected chi connectivity index (χ2v) is 6.64. The Labute approximate surface area is 137 Å². The van der Waals surface area contributed by atoms with Crippen LogP contribution < -0.4 is 14.8 Å². The van der Waals surface area contributed by atoms with Crippen LogP contribution in [-0.4, -0.2) is 19.8 Å². The Morgan fingerprint density at radius 2 is 2.05 bits per heavy atom. The van der Waals surface area contributed by atoms with Gasteiger partial charge in [-0.05, 0) is 57.3 Å². The maximum atomic E-state index is 6.17. The summed E-state index contributed by atoms with van der Waals surface area (Å²) >= 11 is 7.27. The average Bonchev–Trinajstić information content (AvgIpc) is 2.80. The van der Waals surface area contributed by atoms with Gasteiger partial charge in [-0.1, -0.05) is 20.3 Å². The van der Waals surface area contributed by atoms with E-state index in [2.05, 4.69) is 51.0 Å². The summed E-state index contributed by atoms with van der Waals surface area (Å²) in [4.78, 5) is 0. The van der Waals surface area contributed by atoms with E-state index in [0.29, 0.717) is 0 Å². The number of halogens is 2. The van der Waals surface area contributed by atoms with Crippen LogP contribution in [0.3, 0.4) is 0 Å². The smallest absolute Gasteiger partial charge is 0.140 e. The fourth-order valence-corrected chi connectivity index (χ4v) is 3.82. The average molecular weight is 407 g/mol. The number of fused-ring (bicyclic) bond motifs is 1. The molecule has 5 heteroatoms. The third-order valence-electron chi connectivity index (χ3n) is 3.53. The van der Waals surface area contributed by atoms with Crippen molar-refractivity contribution < 1.29 is 9.47 Å². The van der Waals surface area contributed by atoms with Gasteiger partial charge in [-0.15, -0.1) is 0 Å². The number of hydrogen-bond acceptors (Lipinski definition) is 3. The van der Waals surface area contributed by atoms with E-state index in [1.165, 1.54) is 5.56 Å². The second kappa shape index (κ2) is 7.14. The fourth-order valence-electron chi connectivity index (χ4n) is 2.60. The third kappa shape index (κ3) is 3.00. The molecule has 0 bridgehead atoms. The number of benzene rings is 1. The zero-order valence-electron chi connectivity index (χ0n) is 12.1. The maximum absolute atomic E-state index is 6.17. The van der Waals surface area contributed by atoms with Crippen LogP contribution in [0.1, 0.15) is 44.7 Å². The molecule has 2 unspecified atom stereocenters. The predicted molar refractivity (Wildman–Crippen MR) is 88.8 cm³/mol. The van der Waals surface area contributed by atoms with Gasteiger partial charge in [0.05, 0.1) is 22.1 Å². The van der Waals surface area contributed by atoms with Crippen molar-refractivity contribution in [2.75, 3.05) is 13.7 Å². The molecule has 2 rings (SSSR count). The zero-order valence-corrected chi connectivity index (χ0v) is 15.3. The van der Waals surface area contributed by atoms with Gasteiger partial charge in [-0.2, -0.15) is 0 Å². The topological polar surface area (TPSA) is 30.5 Å². The molecule has 112 valence electrons. The van der Waals surface area contributed by atoms with E-state index in [1.54, 1.807) is 7.11 Å². The first-order valence-electron chi connectivity index (χ1n) is 7.09. The highest BCUT2D eigenvalue weighted by Gasteiger charge is 2.37. The first kappa shape index (κ1) is 16.1. The summed E-state index contributed by atoms with van der Waals surface area (Å²) in [6.07, 6.45) is 3.43. The highest BCUT2D eigenvalue weighted by atomic mass is 79.9. The van der Waals surface area contributed by atoms with Gasteiger partial charge in [0.15, 0.2) is 0 Å². The molecule has 0 radical (unpaired) electrons. The number of hydrogen-bond donors (Lipinski definition) is 1. The van der Waals surface area contributed by atoms with Gasteiger partial charge >= 0.3 is 0 Å². The van der Waals surface area contributed by atoms with Crippen molar-refractivity contribution in [2.24, 2.45) is 0 Å². The van der Waals surface area contributed by atoms with E-state index in [-0.39, 0.29) is 12.1 Å². The lowest BCUT2D eigenvalue weighted by Crippen LogP contribution is -2.31. The molecule has 1 aliphatic rings. The lowest BCUT2D eigenvalue weighted by molar-refractivity contribution is 0.177. The first-order chi connectivity index (χ1) is 9.63. The van der Waals surface area contributed by atoms with Crippen molar-refractivity contribution in [2.45, 2.75) is 45.3 Å². The van der Waals surface area contributed by atoms with E-state index in [0.717, 1.165) is 46.3 Å². The molecule has 1 aliphatic heterocycles. The SMILES string of the molecule is CCCNC1c2c(Br)c(OC)cc(Br)c2OC1CCC. The maximum Gasteiger partial charge on any atom is 0.140 e. The molecule has 0 saturated heterocycles. The van der Waals surface area contributed by atoms with Crippen LogP contribution in [0, 0.1) is 0 Å². The molecule has 0 aliphatic carbocycles. The van der Waals surface area contributed by atoms with E-state index in [1.807, 2.05) is 6.07 Å². The highest BCUT2D eigenvalue weighted by Crippen LogP contribution is 2.50. The van der Waals surface area contributed by atoms with Crippen LogP contribution in [0.2, 0.25) is 0 Å². The minimum absolute atomic E-state index is 0.182. The molecule has 0 spiro atoms. The largest absolute Gasteiger partial charge is 0.496 e. The second-order valence-electron chi connectivity index (χ2n) is 4.99. The number of ether oxygens (including phenoxy) is 2. The molecule has 0 saturated carbocycles. The molecule has 2 atom stereocenters. The summed E-state index contributed by atoms with van der Waals surface area (Å²) in [7, 11) is 1.69. The van der Waals surface area contributed by atoms with Crippen molar-refractivity contribution in [1.82, 2.24) is 5.32 Å². The molecule has 0 fully saturated rings. The Balaban J connectivity index is 2.42. The van der Waals surface area contributed by atoms with E-state index < -0.39 is 0 Å². The van der Waals surface area contributed by atoms with Gasteiger partial charge in [0.2, 0.25) is 0 Å². The summed E-state index contributed by atoms with van der Waals surface area (Å²) in [6.45, 7) is 5.35. The molecule has 1 N–H and O–H groups in total. The summed E-state index contributed by atoms with van der Waals surface area (Å²) in [5.41, 5.74) is 1.17. The van der Waals surface area contributed by atoms with Gasteiger partial charge in [0.25, 0.3) is 0 Å². The Morgan fingerprint density at radius 3 is 2.65 bits per heavy atom. The molecule has 20 heavy (non-hydrogen) atoms. The quantitative estimate of drug-likeness (QED) is 0.734. The standard InChI is InChI=1S/C15H21Br2NO2/c1-4-6-10-14(18-7-5-2)12-13(17)11(19-3)8-9(16)15(12)20-10/h8,10,14,18H,4-7H2,1-3H3. The van der Waals surface area contributed by atoms with Crippen molar-refractivity contribution in [3.05, 3.63) is 20.6 Å². The summed E-state index contributed by atoms with van der Waals surface area (Å²) in [5.74, 6) is 1.77. The monoisotopic (exact) mass is 405 g/mol. The third-order valence-corrected chi connectivity index (χ3v) is 4.94. The Morgan fingerprint density at radius 1 is 1.30 bits per heavy atom. The fraction of sp³-hybridized carbons (Fsp3) is 0.600. The zero-order chi connectivity index (χ0) is 14.7. The van der Waals surface area contributed by atoms with Gasteiger partial charge in [-0.3, -0.25) is 0 Å². The number of nitrogens with one attached hydrogen (secondary N) is 1. The summed E-state index contributed by atoms with van der Waals surface area (Å²) in [5, 5.41) is 3.61. The van der Waals surface area contributed by atoms with Crippen molar-refractivity contribution in [3.8, 4) is 11.5 Å². The van der Waals surface area contributed by atoms with Crippen molar-refractivity contribution >= 4 is 31.9 Å². The molecular formula is C15H21Br2NO2. The Hall–Kier alpha value is -0.260. The summed E-state index contributed by atoms with van der Waals surface area (Å²) < 4.78 is 13.6. The minimum Gasteiger partial charge on any atom is -0.496 e. The van der Waals surface area contributed by atoms with E-state index in [9.17, 15) is 0 Å². The Bertz CT molecular complexity index is 479. The van der Waals surface area contributed by atoms with Crippen molar-refractivity contribution in [1.29, 1.82) is 0 Å². The lowest BCUT2D eigenvalue weighted by Gasteiger charge is -2.20.